The van der Waals surface area contributed by atoms with Gasteiger partial charge in [0.2, 0.25) is 0 Å². The Morgan fingerprint density at radius 1 is 1.22 bits per heavy atom. The predicted octanol–water partition coefficient (Wildman–Crippen LogP) is 2.97. The molecule has 0 saturated carbocycles. The SMILES string of the molecule is CC(C)C1CCN(c2ccc([C@H](C)N)nc2)CC1. The third-order valence-corrected chi connectivity index (χ3v) is 4.08. The van der Waals surface area contributed by atoms with Gasteiger partial charge in [-0.3, -0.25) is 4.98 Å². The first kappa shape index (κ1) is 13.3. The molecule has 2 rings (SSSR count). The van der Waals surface area contributed by atoms with Crippen LogP contribution in [0.5, 0.6) is 0 Å². The number of hydrogen-bond acceptors (Lipinski definition) is 3. The smallest absolute Gasteiger partial charge is 0.0569 e. The molecule has 1 aromatic rings. The van der Waals surface area contributed by atoms with Crippen molar-refractivity contribution < 1.29 is 0 Å². The highest BCUT2D eigenvalue weighted by Crippen LogP contribution is 2.27. The second-order valence-electron chi connectivity index (χ2n) is 5.80. The molecule has 2 heterocycles. The lowest BCUT2D eigenvalue weighted by Gasteiger charge is -2.35. The van der Waals surface area contributed by atoms with Crippen molar-refractivity contribution in [1.82, 2.24) is 4.98 Å². The fraction of sp³-hybridized carbons (Fsp3) is 0.667. The quantitative estimate of drug-likeness (QED) is 0.893. The number of nitrogens with two attached hydrogens (primary N) is 1. The Labute approximate surface area is 110 Å². The van der Waals surface area contributed by atoms with E-state index < -0.39 is 0 Å². The van der Waals surface area contributed by atoms with Gasteiger partial charge in [-0.05, 0) is 43.7 Å². The van der Waals surface area contributed by atoms with Crippen molar-refractivity contribution in [3.63, 3.8) is 0 Å². The lowest BCUT2D eigenvalue weighted by atomic mass is 9.86. The fourth-order valence-corrected chi connectivity index (χ4v) is 2.68. The third kappa shape index (κ3) is 3.02. The Bertz CT molecular complexity index is 362. The van der Waals surface area contributed by atoms with Crippen molar-refractivity contribution in [3.05, 3.63) is 24.0 Å². The van der Waals surface area contributed by atoms with E-state index in [4.69, 9.17) is 5.73 Å². The molecular weight excluding hydrogens is 222 g/mol. The van der Waals surface area contributed by atoms with Gasteiger partial charge in [-0.2, -0.15) is 0 Å². The van der Waals surface area contributed by atoms with Crippen LogP contribution in [-0.4, -0.2) is 18.1 Å². The van der Waals surface area contributed by atoms with E-state index in [1.807, 2.05) is 13.1 Å². The summed E-state index contributed by atoms with van der Waals surface area (Å²) < 4.78 is 0. The molecule has 0 spiro atoms. The monoisotopic (exact) mass is 247 g/mol. The first-order valence-electron chi connectivity index (χ1n) is 7.04. The summed E-state index contributed by atoms with van der Waals surface area (Å²) in [5.41, 5.74) is 8.02. The topological polar surface area (TPSA) is 42.1 Å². The molecule has 0 aliphatic carbocycles. The van der Waals surface area contributed by atoms with Crippen molar-refractivity contribution in [3.8, 4) is 0 Å². The molecule has 0 amide bonds. The van der Waals surface area contributed by atoms with Crippen molar-refractivity contribution in [2.75, 3.05) is 18.0 Å². The van der Waals surface area contributed by atoms with Gasteiger partial charge in [0, 0.05) is 19.1 Å². The van der Waals surface area contributed by atoms with Crippen LogP contribution in [0.4, 0.5) is 5.69 Å². The van der Waals surface area contributed by atoms with Crippen LogP contribution in [0.3, 0.4) is 0 Å². The van der Waals surface area contributed by atoms with Crippen LogP contribution in [0.2, 0.25) is 0 Å². The molecule has 0 bridgehead atoms. The average Bonchev–Trinajstić information content (AvgIpc) is 2.39. The van der Waals surface area contributed by atoms with E-state index in [-0.39, 0.29) is 6.04 Å². The molecule has 18 heavy (non-hydrogen) atoms. The highest BCUT2D eigenvalue weighted by molar-refractivity contribution is 5.45. The molecule has 1 saturated heterocycles. The molecule has 1 fully saturated rings. The summed E-state index contributed by atoms with van der Waals surface area (Å²) in [6.45, 7) is 8.94. The van der Waals surface area contributed by atoms with E-state index >= 15 is 0 Å². The molecular formula is C15H25N3. The summed E-state index contributed by atoms with van der Waals surface area (Å²) >= 11 is 0. The van der Waals surface area contributed by atoms with Crippen molar-refractivity contribution in [2.24, 2.45) is 17.6 Å². The molecule has 1 aromatic heterocycles. The summed E-state index contributed by atoms with van der Waals surface area (Å²) in [5, 5.41) is 0. The van der Waals surface area contributed by atoms with Crippen LogP contribution < -0.4 is 10.6 Å². The van der Waals surface area contributed by atoms with E-state index in [2.05, 4.69) is 35.9 Å². The molecule has 2 N–H and O–H groups in total. The Balaban J connectivity index is 1.97. The van der Waals surface area contributed by atoms with E-state index in [0.29, 0.717) is 0 Å². The largest absolute Gasteiger partial charge is 0.370 e. The van der Waals surface area contributed by atoms with Crippen LogP contribution in [0.1, 0.15) is 45.3 Å². The van der Waals surface area contributed by atoms with Crippen LogP contribution in [0, 0.1) is 11.8 Å². The number of piperidine rings is 1. The predicted molar refractivity (Wildman–Crippen MR) is 76.6 cm³/mol. The minimum absolute atomic E-state index is 0.0192. The minimum atomic E-state index is 0.0192. The van der Waals surface area contributed by atoms with E-state index in [1.165, 1.54) is 18.5 Å². The number of pyridine rings is 1. The Morgan fingerprint density at radius 2 is 1.89 bits per heavy atom. The van der Waals surface area contributed by atoms with Gasteiger partial charge >= 0.3 is 0 Å². The highest BCUT2D eigenvalue weighted by Gasteiger charge is 2.21. The third-order valence-electron chi connectivity index (χ3n) is 4.08. The number of anilines is 1. The fourth-order valence-electron chi connectivity index (χ4n) is 2.68. The van der Waals surface area contributed by atoms with Gasteiger partial charge in [-0.1, -0.05) is 13.8 Å². The van der Waals surface area contributed by atoms with E-state index in [9.17, 15) is 0 Å². The maximum absolute atomic E-state index is 5.82. The molecule has 100 valence electrons. The molecule has 3 heteroatoms. The molecule has 0 radical (unpaired) electrons. The second-order valence-corrected chi connectivity index (χ2v) is 5.80. The standard InChI is InChI=1S/C15H25N3/c1-11(2)13-6-8-18(9-7-13)14-4-5-15(12(3)16)17-10-14/h4-5,10-13H,6-9,16H2,1-3H3/t12-/m0/s1. The molecule has 0 aromatic carbocycles. The number of hydrogen-bond donors (Lipinski definition) is 1. The molecule has 1 aliphatic rings. The van der Waals surface area contributed by atoms with Gasteiger partial charge in [0.15, 0.2) is 0 Å². The van der Waals surface area contributed by atoms with Gasteiger partial charge in [0.1, 0.15) is 0 Å². The Kier molecular flexibility index (Phi) is 4.23. The molecule has 1 aliphatic heterocycles. The van der Waals surface area contributed by atoms with E-state index in [0.717, 1.165) is 30.6 Å². The zero-order chi connectivity index (χ0) is 13.1. The lowest BCUT2D eigenvalue weighted by molar-refractivity contribution is 0.311. The number of aromatic nitrogens is 1. The Morgan fingerprint density at radius 3 is 2.33 bits per heavy atom. The van der Waals surface area contributed by atoms with Crippen LogP contribution in [0.15, 0.2) is 18.3 Å². The lowest BCUT2D eigenvalue weighted by Crippen LogP contribution is -2.35. The van der Waals surface area contributed by atoms with Gasteiger partial charge in [-0.25, -0.2) is 0 Å². The average molecular weight is 247 g/mol. The summed E-state index contributed by atoms with van der Waals surface area (Å²) in [7, 11) is 0. The van der Waals surface area contributed by atoms with Gasteiger partial charge in [0.05, 0.1) is 17.6 Å². The molecule has 0 unspecified atom stereocenters. The first-order valence-corrected chi connectivity index (χ1v) is 7.04. The minimum Gasteiger partial charge on any atom is -0.370 e. The maximum Gasteiger partial charge on any atom is 0.0569 e. The van der Waals surface area contributed by atoms with Crippen molar-refractivity contribution in [1.29, 1.82) is 0 Å². The van der Waals surface area contributed by atoms with Crippen LogP contribution in [0.25, 0.3) is 0 Å². The molecule has 3 nitrogen and oxygen atoms in total. The number of nitrogens with zero attached hydrogens (tertiary/aromatic N) is 2. The highest BCUT2D eigenvalue weighted by atomic mass is 15.1. The normalized spacial score (nSPS) is 19.3. The summed E-state index contributed by atoms with van der Waals surface area (Å²) in [4.78, 5) is 6.88. The maximum atomic E-state index is 5.82. The van der Waals surface area contributed by atoms with Crippen molar-refractivity contribution in [2.45, 2.75) is 39.7 Å². The van der Waals surface area contributed by atoms with Crippen LogP contribution in [-0.2, 0) is 0 Å². The number of rotatable bonds is 3. The summed E-state index contributed by atoms with van der Waals surface area (Å²) in [6.07, 6.45) is 4.56. The molecule has 1 atom stereocenters. The summed E-state index contributed by atoms with van der Waals surface area (Å²) in [6, 6.07) is 4.22. The summed E-state index contributed by atoms with van der Waals surface area (Å²) in [5.74, 6) is 1.70. The van der Waals surface area contributed by atoms with Gasteiger partial charge < -0.3 is 10.6 Å². The zero-order valence-corrected chi connectivity index (χ0v) is 11.8. The van der Waals surface area contributed by atoms with Gasteiger partial charge in [-0.15, -0.1) is 0 Å². The zero-order valence-electron chi connectivity index (χ0n) is 11.8. The van der Waals surface area contributed by atoms with Gasteiger partial charge in [0.25, 0.3) is 0 Å². The first-order chi connectivity index (χ1) is 8.58. The second kappa shape index (κ2) is 5.70. The van der Waals surface area contributed by atoms with Crippen LogP contribution >= 0.6 is 0 Å². The van der Waals surface area contributed by atoms with Crippen molar-refractivity contribution >= 4 is 5.69 Å². The Hall–Kier alpha value is -1.09. The van der Waals surface area contributed by atoms with E-state index in [1.54, 1.807) is 0 Å².